The average molecular weight is 280 g/mol. The summed E-state index contributed by atoms with van der Waals surface area (Å²) in [4.78, 5) is 15.6. The van der Waals surface area contributed by atoms with Crippen LogP contribution in [0.5, 0.6) is 0 Å². The van der Waals surface area contributed by atoms with E-state index in [1.807, 2.05) is 0 Å². The molecule has 0 saturated carbocycles. The fourth-order valence-corrected chi connectivity index (χ4v) is 2.18. The smallest absolute Gasteiger partial charge is 0.357 e. The maximum absolute atomic E-state index is 13.1. The number of halogens is 1. The standard InChI is InChI=1S/C13H13FN2O2S/c1-3-18-12(17)11-7-19-13(16-11)15-9-4-5-10(14)8(2)6-9/h4-7H,3H2,1-2H3,(H,15,16). The fraction of sp³-hybridized carbons (Fsp3) is 0.231. The molecule has 4 nitrogen and oxygen atoms in total. The predicted molar refractivity (Wildman–Crippen MR) is 72.5 cm³/mol. The summed E-state index contributed by atoms with van der Waals surface area (Å²) in [6.07, 6.45) is 0. The first kappa shape index (κ1) is 13.5. The van der Waals surface area contributed by atoms with Crippen LogP contribution in [0.1, 0.15) is 23.0 Å². The zero-order chi connectivity index (χ0) is 13.8. The number of carbonyl (C=O) groups excluding carboxylic acids is 1. The van der Waals surface area contributed by atoms with E-state index in [-0.39, 0.29) is 11.5 Å². The van der Waals surface area contributed by atoms with Gasteiger partial charge < -0.3 is 10.1 Å². The highest BCUT2D eigenvalue weighted by Gasteiger charge is 2.11. The van der Waals surface area contributed by atoms with Crippen molar-refractivity contribution in [3.05, 3.63) is 40.7 Å². The second-order valence-corrected chi connectivity index (χ2v) is 4.71. The largest absolute Gasteiger partial charge is 0.461 e. The van der Waals surface area contributed by atoms with Gasteiger partial charge in [-0.25, -0.2) is 14.2 Å². The summed E-state index contributed by atoms with van der Waals surface area (Å²) in [6.45, 7) is 3.74. The first-order valence-electron chi connectivity index (χ1n) is 5.76. The van der Waals surface area contributed by atoms with Crippen LogP contribution >= 0.6 is 11.3 Å². The number of nitrogens with zero attached hydrogens (tertiary/aromatic N) is 1. The lowest BCUT2D eigenvalue weighted by atomic mass is 10.2. The third kappa shape index (κ3) is 3.29. The molecule has 0 aliphatic carbocycles. The number of aromatic nitrogens is 1. The normalized spacial score (nSPS) is 10.3. The minimum Gasteiger partial charge on any atom is -0.461 e. The summed E-state index contributed by atoms with van der Waals surface area (Å²) in [5.74, 6) is -0.695. The minimum atomic E-state index is -0.443. The van der Waals surface area contributed by atoms with Crippen LogP contribution in [-0.4, -0.2) is 17.6 Å². The second-order valence-electron chi connectivity index (χ2n) is 3.85. The van der Waals surface area contributed by atoms with Gasteiger partial charge in [0.25, 0.3) is 0 Å². The lowest BCUT2D eigenvalue weighted by Gasteiger charge is -2.04. The van der Waals surface area contributed by atoms with E-state index in [0.717, 1.165) is 5.69 Å². The highest BCUT2D eigenvalue weighted by atomic mass is 32.1. The van der Waals surface area contributed by atoms with E-state index in [2.05, 4.69) is 10.3 Å². The van der Waals surface area contributed by atoms with Gasteiger partial charge in [0.2, 0.25) is 0 Å². The number of nitrogens with one attached hydrogen (secondary N) is 1. The quantitative estimate of drug-likeness (QED) is 0.871. The Balaban J connectivity index is 2.11. The van der Waals surface area contributed by atoms with Gasteiger partial charge in [0, 0.05) is 11.1 Å². The highest BCUT2D eigenvalue weighted by molar-refractivity contribution is 7.14. The van der Waals surface area contributed by atoms with Crippen molar-refractivity contribution in [2.24, 2.45) is 0 Å². The minimum absolute atomic E-state index is 0.253. The molecule has 100 valence electrons. The number of carbonyl (C=O) groups is 1. The molecular formula is C13H13FN2O2S. The number of rotatable bonds is 4. The van der Waals surface area contributed by atoms with Crippen molar-refractivity contribution in [1.82, 2.24) is 4.98 Å². The molecule has 0 amide bonds. The van der Waals surface area contributed by atoms with Gasteiger partial charge in [-0.2, -0.15) is 0 Å². The summed E-state index contributed by atoms with van der Waals surface area (Å²) in [5.41, 5.74) is 1.55. The number of thiazole rings is 1. The van der Waals surface area contributed by atoms with Crippen LogP contribution in [-0.2, 0) is 4.74 Å². The fourth-order valence-electron chi connectivity index (χ4n) is 1.48. The average Bonchev–Trinajstić information content (AvgIpc) is 2.83. The molecule has 0 saturated heterocycles. The maximum Gasteiger partial charge on any atom is 0.357 e. The summed E-state index contributed by atoms with van der Waals surface area (Å²) in [5, 5.41) is 5.21. The summed E-state index contributed by atoms with van der Waals surface area (Å²) in [6, 6.07) is 4.69. The van der Waals surface area contributed by atoms with Gasteiger partial charge in [-0.3, -0.25) is 0 Å². The van der Waals surface area contributed by atoms with Gasteiger partial charge in [-0.1, -0.05) is 0 Å². The third-order valence-corrected chi connectivity index (χ3v) is 3.16. The Labute approximate surface area is 114 Å². The molecule has 0 bridgehead atoms. The lowest BCUT2D eigenvalue weighted by Crippen LogP contribution is -2.05. The van der Waals surface area contributed by atoms with E-state index >= 15 is 0 Å². The number of aryl methyl sites for hydroxylation is 1. The second kappa shape index (κ2) is 5.79. The topological polar surface area (TPSA) is 51.2 Å². The maximum atomic E-state index is 13.1. The molecule has 1 aromatic heterocycles. The molecule has 0 radical (unpaired) electrons. The lowest BCUT2D eigenvalue weighted by molar-refractivity contribution is 0.0520. The molecule has 0 aliphatic heterocycles. The Morgan fingerprint density at radius 1 is 1.53 bits per heavy atom. The molecule has 2 aromatic rings. The van der Waals surface area contributed by atoms with Gasteiger partial charge in [0.15, 0.2) is 10.8 Å². The molecule has 0 spiro atoms. The van der Waals surface area contributed by atoms with Gasteiger partial charge >= 0.3 is 5.97 Å². The van der Waals surface area contributed by atoms with E-state index in [1.54, 1.807) is 31.4 Å². The molecule has 2 rings (SSSR count). The number of esters is 1. The molecular weight excluding hydrogens is 267 g/mol. The van der Waals surface area contributed by atoms with E-state index in [1.165, 1.54) is 17.4 Å². The van der Waals surface area contributed by atoms with Gasteiger partial charge in [0.05, 0.1) is 6.61 Å². The van der Waals surface area contributed by atoms with Gasteiger partial charge in [0.1, 0.15) is 5.82 Å². The van der Waals surface area contributed by atoms with Crippen LogP contribution in [0, 0.1) is 12.7 Å². The molecule has 0 aliphatic rings. The highest BCUT2D eigenvalue weighted by Crippen LogP contribution is 2.22. The van der Waals surface area contributed by atoms with Crippen molar-refractivity contribution < 1.29 is 13.9 Å². The molecule has 1 heterocycles. The third-order valence-electron chi connectivity index (χ3n) is 2.40. The Morgan fingerprint density at radius 3 is 3.00 bits per heavy atom. The first-order chi connectivity index (χ1) is 9.10. The SMILES string of the molecule is CCOC(=O)c1csc(Nc2ccc(F)c(C)c2)n1. The molecule has 0 fully saturated rings. The van der Waals surface area contributed by atoms with Crippen molar-refractivity contribution >= 4 is 28.1 Å². The van der Waals surface area contributed by atoms with Crippen LogP contribution in [0.25, 0.3) is 0 Å². The van der Waals surface area contributed by atoms with Crippen LogP contribution in [0.2, 0.25) is 0 Å². The summed E-state index contributed by atoms with van der Waals surface area (Å²) in [7, 11) is 0. The van der Waals surface area contributed by atoms with Crippen LogP contribution in [0.15, 0.2) is 23.6 Å². The zero-order valence-corrected chi connectivity index (χ0v) is 11.4. The van der Waals surface area contributed by atoms with Crippen molar-refractivity contribution in [3.8, 4) is 0 Å². The number of anilines is 2. The van der Waals surface area contributed by atoms with Crippen LogP contribution in [0.3, 0.4) is 0 Å². The molecule has 6 heteroatoms. The number of hydrogen-bond donors (Lipinski definition) is 1. The predicted octanol–water partition coefficient (Wildman–Crippen LogP) is 3.51. The molecule has 0 atom stereocenters. The first-order valence-corrected chi connectivity index (χ1v) is 6.64. The number of hydrogen-bond acceptors (Lipinski definition) is 5. The van der Waals surface area contributed by atoms with E-state index in [4.69, 9.17) is 4.74 Å². The number of ether oxygens (including phenoxy) is 1. The van der Waals surface area contributed by atoms with Crippen molar-refractivity contribution in [3.63, 3.8) is 0 Å². The Hall–Kier alpha value is -1.95. The van der Waals surface area contributed by atoms with E-state index in [9.17, 15) is 9.18 Å². The van der Waals surface area contributed by atoms with Crippen LogP contribution in [0.4, 0.5) is 15.2 Å². The van der Waals surface area contributed by atoms with E-state index < -0.39 is 5.97 Å². The van der Waals surface area contributed by atoms with Crippen molar-refractivity contribution in [2.45, 2.75) is 13.8 Å². The van der Waals surface area contributed by atoms with Gasteiger partial charge in [-0.15, -0.1) is 11.3 Å². The molecule has 19 heavy (non-hydrogen) atoms. The van der Waals surface area contributed by atoms with E-state index in [0.29, 0.717) is 17.3 Å². The molecule has 1 aromatic carbocycles. The Morgan fingerprint density at radius 2 is 2.32 bits per heavy atom. The van der Waals surface area contributed by atoms with Crippen molar-refractivity contribution in [2.75, 3.05) is 11.9 Å². The monoisotopic (exact) mass is 280 g/mol. The number of benzene rings is 1. The summed E-state index contributed by atoms with van der Waals surface area (Å²) < 4.78 is 18.0. The van der Waals surface area contributed by atoms with Crippen LogP contribution < -0.4 is 5.32 Å². The Kier molecular flexibility index (Phi) is 4.11. The molecule has 0 unspecified atom stereocenters. The Bertz CT molecular complexity index is 598. The van der Waals surface area contributed by atoms with Crippen molar-refractivity contribution in [1.29, 1.82) is 0 Å². The molecule has 1 N–H and O–H groups in total. The van der Waals surface area contributed by atoms with Gasteiger partial charge in [-0.05, 0) is 37.6 Å². The zero-order valence-electron chi connectivity index (χ0n) is 10.6. The summed E-state index contributed by atoms with van der Waals surface area (Å²) >= 11 is 1.29.